The molecule has 0 radical (unpaired) electrons. The van der Waals surface area contributed by atoms with Crippen molar-refractivity contribution < 1.29 is 9.13 Å². The number of nitriles is 1. The highest BCUT2D eigenvalue weighted by Gasteiger charge is 2.36. The summed E-state index contributed by atoms with van der Waals surface area (Å²) in [4.78, 5) is 9.13. The minimum Gasteiger partial charge on any atom is -0.481 e. The second-order valence-electron chi connectivity index (χ2n) is 9.01. The highest BCUT2D eigenvalue weighted by atomic mass is 19.1. The van der Waals surface area contributed by atoms with Crippen molar-refractivity contribution in [3.8, 4) is 11.8 Å². The Hall–Kier alpha value is -3.84. The van der Waals surface area contributed by atoms with Gasteiger partial charge in [0.05, 0.1) is 29.8 Å². The van der Waals surface area contributed by atoms with Crippen molar-refractivity contribution in [3.05, 3.63) is 59.4 Å². The lowest BCUT2D eigenvalue weighted by atomic mass is 10.0. The Kier molecular flexibility index (Phi) is 6.42. The van der Waals surface area contributed by atoms with E-state index in [0.717, 1.165) is 44.5 Å². The number of rotatable bonds is 7. The first-order valence-electron chi connectivity index (χ1n) is 11.8. The van der Waals surface area contributed by atoms with Gasteiger partial charge >= 0.3 is 0 Å². The van der Waals surface area contributed by atoms with Crippen molar-refractivity contribution in [2.75, 3.05) is 13.1 Å². The number of ether oxygens (including phenoxy) is 1. The van der Waals surface area contributed by atoms with E-state index in [0.29, 0.717) is 33.8 Å². The van der Waals surface area contributed by atoms with Gasteiger partial charge in [0, 0.05) is 17.7 Å². The minimum atomic E-state index is -0.400. The molecule has 3 N–H and O–H groups in total. The zero-order valence-electron chi connectivity index (χ0n) is 19.5. The van der Waals surface area contributed by atoms with Gasteiger partial charge in [-0.3, -0.25) is 9.98 Å². The molecule has 1 unspecified atom stereocenters. The quantitative estimate of drug-likeness (QED) is 0.308. The third-order valence-corrected chi connectivity index (χ3v) is 6.47. The highest BCUT2D eigenvalue weighted by molar-refractivity contribution is 6.47. The topological polar surface area (TPSA) is 126 Å². The summed E-state index contributed by atoms with van der Waals surface area (Å²) in [7, 11) is 0. The molecule has 9 nitrogen and oxygen atoms in total. The molecule has 1 saturated heterocycles. The first-order chi connectivity index (χ1) is 17.1. The van der Waals surface area contributed by atoms with Crippen molar-refractivity contribution in [2.24, 2.45) is 21.9 Å². The Morgan fingerprint density at radius 1 is 1.29 bits per heavy atom. The summed E-state index contributed by atoms with van der Waals surface area (Å²) < 4.78 is 21.6. The van der Waals surface area contributed by atoms with Crippen molar-refractivity contribution in [1.29, 1.82) is 5.26 Å². The van der Waals surface area contributed by atoms with E-state index in [1.807, 2.05) is 13.0 Å². The number of pyridine rings is 2. The summed E-state index contributed by atoms with van der Waals surface area (Å²) in [5.41, 5.74) is 3.53. The number of fused-ring (bicyclic) bond motifs is 1. The number of hydrogen-bond donors (Lipinski definition) is 2. The Balaban J connectivity index is 1.55. The molecule has 0 bridgehead atoms. The molecule has 2 aliphatic rings. The predicted octanol–water partition coefficient (Wildman–Crippen LogP) is 3.15. The van der Waals surface area contributed by atoms with Crippen LogP contribution in [0.25, 0.3) is 5.52 Å². The van der Waals surface area contributed by atoms with Gasteiger partial charge < -0.3 is 15.9 Å². The SMILES string of the molecule is CC(=NC1CCNCC1)/C(=N\N)c1cc(OC(c2ccc(F)cn2)C2CC2)c2c(C#N)cnn2c1. The van der Waals surface area contributed by atoms with Crippen LogP contribution >= 0.6 is 0 Å². The van der Waals surface area contributed by atoms with E-state index in [-0.39, 0.29) is 18.1 Å². The highest BCUT2D eigenvalue weighted by Crippen LogP contribution is 2.44. The average Bonchev–Trinajstić information content (AvgIpc) is 3.63. The molecular formula is C25H27FN8O. The lowest BCUT2D eigenvalue weighted by molar-refractivity contribution is 0.178. The summed E-state index contributed by atoms with van der Waals surface area (Å²) in [5.74, 6) is 6.16. The number of hydrazone groups is 1. The number of piperidine rings is 1. The molecule has 4 heterocycles. The van der Waals surface area contributed by atoms with E-state index in [1.54, 1.807) is 16.8 Å². The number of nitrogens with zero attached hydrogens (tertiary/aromatic N) is 6. The molecule has 180 valence electrons. The average molecular weight is 475 g/mol. The largest absolute Gasteiger partial charge is 0.481 e. The maximum absolute atomic E-state index is 13.5. The second kappa shape index (κ2) is 9.80. The third kappa shape index (κ3) is 4.86. The molecule has 0 aromatic carbocycles. The molecule has 3 aromatic rings. The molecule has 1 aliphatic heterocycles. The molecule has 1 atom stereocenters. The van der Waals surface area contributed by atoms with Crippen molar-refractivity contribution in [3.63, 3.8) is 0 Å². The van der Waals surface area contributed by atoms with Crippen LogP contribution in [0.3, 0.4) is 0 Å². The van der Waals surface area contributed by atoms with Gasteiger partial charge in [0.2, 0.25) is 0 Å². The molecule has 0 spiro atoms. The van der Waals surface area contributed by atoms with Crippen LogP contribution in [0.1, 0.15) is 55.5 Å². The zero-order valence-corrected chi connectivity index (χ0v) is 19.5. The van der Waals surface area contributed by atoms with Gasteiger partial charge in [-0.2, -0.15) is 15.5 Å². The van der Waals surface area contributed by atoms with Gasteiger partial charge in [0.15, 0.2) is 0 Å². The predicted molar refractivity (Wildman–Crippen MR) is 130 cm³/mol. The Morgan fingerprint density at radius 3 is 2.74 bits per heavy atom. The van der Waals surface area contributed by atoms with E-state index in [2.05, 4.69) is 26.6 Å². The van der Waals surface area contributed by atoms with Crippen LogP contribution in [0.15, 0.2) is 46.9 Å². The standard InChI is InChI=1S/C25H27FN8O/c1-15(32-20-6-8-29-9-7-20)23(33-28)17-10-22(24-18(11-27)12-31-34(24)14-17)35-25(16-2-3-16)21-5-4-19(26)13-30-21/h4-5,10,12-14,16,20,25,29H,2-3,6-9,28H2,1H3/b32-15?,33-23+. The number of aromatic nitrogens is 3. The second-order valence-corrected chi connectivity index (χ2v) is 9.01. The van der Waals surface area contributed by atoms with E-state index in [9.17, 15) is 9.65 Å². The van der Waals surface area contributed by atoms with Gasteiger partial charge in [-0.25, -0.2) is 8.91 Å². The fourth-order valence-electron chi connectivity index (χ4n) is 4.52. The van der Waals surface area contributed by atoms with Crippen LogP contribution in [-0.4, -0.2) is 45.2 Å². The number of halogens is 1. The third-order valence-electron chi connectivity index (χ3n) is 6.47. The summed E-state index contributed by atoms with van der Waals surface area (Å²) in [6.07, 6.45) is 7.99. The number of aliphatic imine (C=N–C) groups is 1. The first-order valence-corrected chi connectivity index (χ1v) is 11.8. The van der Waals surface area contributed by atoms with Crippen molar-refractivity contribution in [1.82, 2.24) is 19.9 Å². The summed E-state index contributed by atoms with van der Waals surface area (Å²) in [5, 5.41) is 21.4. The molecule has 35 heavy (non-hydrogen) atoms. The number of nitrogens with one attached hydrogen (secondary N) is 1. The van der Waals surface area contributed by atoms with E-state index in [1.165, 1.54) is 18.5 Å². The molecular weight excluding hydrogens is 447 g/mol. The van der Waals surface area contributed by atoms with Crippen LogP contribution in [0.4, 0.5) is 4.39 Å². The first kappa shape index (κ1) is 22.9. The zero-order chi connectivity index (χ0) is 24.4. The Morgan fingerprint density at radius 2 is 2.09 bits per heavy atom. The Bertz CT molecular complexity index is 1310. The van der Waals surface area contributed by atoms with Crippen LogP contribution < -0.4 is 15.9 Å². The van der Waals surface area contributed by atoms with Gasteiger partial charge in [-0.1, -0.05) is 0 Å². The molecule has 3 aromatic heterocycles. The normalized spacial score (nSPS) is 18.4. The fourth-order valence-corrected chi connectivity index (χ4v) is 4.52. The van der Waals surface area contributed by atoms with Crippen LogP contribution in [0.5, 0.6) is 5.75 Å². The monoisotopic (exact) mass is 474 g/mol. The molecule has 2 fully saturated rings. The molecule has 1 saturated carbocycles. The van der Waals surface area contributed by atoms with Crippen LogP contribution in [0.2, 0.25) is 0 Å². The Labute approximate surface area is 202 Å². The maximum Gasteiger partial charge on any atom is 0.148 e. The van der Waals surface area contributed by atoms with Crippen molar-refractivity contribution in [2.45, 2.75) is 44.8 Å². The molecule has 0 amide bonds. The smallest absolute Gasteiger partial charge is 0.148 e. The van der Waals surface area contributed by atoms with E-state index < -0.39 is 5.82 Å². The number of nitrogens with two attached hydrogens (primary N) is 1. The molecule has 10 heteroatoms. The van der Waals surface area contributed by atoms with E-state index in [4.69, 9.17) is 15.6 Å². The maximum atomic E-state index is 13.5. The van der Waals surface area contributed by atoms with Gasteiger partial charge in [-0.15, -0.1) is 0 Å². The summed E-state index contributed by atoms with van der Waals surface area (Å²) in [6, 6.07) is 7.24. The summed E-state index contributed by atoms with van der Waals surface area (Å²) >= 11 is 0. The molecule has 5 rings (SSSR count). The van der Waals surface area contributed by atoms with Gasteiger partial charge in [0.25, 0.3) is 0 Å². The van der Waals surface area contributed by atoms with Crippen LogP contribution in [-0.2, 0) is 0 Å². The summed E-state index contributed by atoms with van der Waals surface area (Å²) in [6.45, 7) is 3.77. The van der Waals surface area contributed by atoms with Gasteiger partial charge in [-0.05, 0) is 63.9 Å². The van der Waals surface area contributed by atoms with E-state index >= 15 is 0 Å². The van der Waals surface area contributed by atoms with Crippen LogP contribution in [0, 0.1) is 23.1 Å². The number of hydrogen-bond acceptors (Lipinski definition) is 8. The minimum absolute atomic E-state index is 0.214. The lowest BCUT2D eigenvalue weighted by Crippen LogP contribution is -2.31. The molecule has 1 aliphatic carbocycles. The van der Waals surface area contributed by atoms with Gasteiger partial charge in [0.1, 0.15) is 40.5 Å². The lowest BCUT2D eigenvalue weighted by Gasteiger charge is -2.21. The van der Waals surface area contributed by atoms with Crippen molar-refractivity contribution >= 4 is 16.9 Å². The fraction of sp³-hybridized carbons (Fsp3) is 0.400.